The van der Waals surface area contributed by atoms with Crippen LogP contribution in [-0.4, -0.2) is 43.7 Å². The first-order valence-electron chi connectivity index (χ1n) is 9.61. The van der Waals surface area contributed by atoms with Gasteiger partial charge in [0.25, 0.3) is 0 Å². The van der Waals surface area contributed by atoms with Gasteiger partial charge in [0.1, 0.15) is 0 Å². The second-order valence-corrected chi connectivity index (χ2v) is 6.38. The third-order valence-corrected chi connectivity index (χ3v) is 4.31. The number of carbonyl (C=O) groups excluding carboxylic acids is 1. The highest BCUT2D eigenvalue weighted by Crippen LogP contribution is 2.16. The molecule has 0 bridgehead atoms. The molecule has 0 saturated carbocycles. The molecule has 0 fully saturated rings. The van der Waals surface area contributed by atoms with Crippen LogP contribution in [0.5, 0.6) is 0 Å². The Kier molecular flexibility index (Phi) is 18.6. The summed E-state index contributed by atoms with van der Waals surface area (Å²) < 4.78 is 5.56. The van der Waals surface area contributed by atoms with Gasteiger partial charge in [0.05, 0.1) is 33.3 Å². The minimum atomic E-state index is -0.394. The minimum Gasteiger partial charge on any atom is -0.466 e. The van der Waals surface area contributed by atoms with Crippen molar-refractivity contribution in [3.8, 4) is 0 Å². The van der Waals surface area contributed by atoms with Crippen molar-refractivity contribution in [3.05, 3.63) is 12.7 Å². The maximum Gasteiger partial charge on any atom is 0.329 e. The number of hydrogen-bond donors (Lipinski definition) is 0. The van der Waals surface area contributed by atoms with Crippen LogP contribution < -0.4 is 0 Å². The lowest BCUT2D eigenvalue weighted by Gasteiger charge is -2.39. The van der Waals surface area contributed by atoms with Crippen LogP contribution >= 0.6 is 0 Å². The zero-order valence-corrected chi connectivity index (χ0v) is 16.5. The largest absolute Gasteiger partial charge is 0.466 e. The number of hydrogen-bond acceptors (Lipinski definition) is 2. The molecule has 0 radical (unpaired) electrons. The van der Waals surface area contributed by atoms with Crippen LogP contribution in [0.25, 0.3) is 0 Å². The van der Waals surface area contributed by atoms with Crippen LogP contribution in [0.2, 0.25) is 0 Å². The Morgan fingerprint density at radius 1 is 0.826 bits per heavy atom. The average molecular weight is 329 g/mol. The molecule has 0 aliphatic rings. The first-order valence-corrected chi connectivity index (χ1v) is 9.61. The van der Waals surface area contributed by atoms with Crippen molar-refractivity contribution in [2.75, 3.05) is 33.3 Å². The molecule has 0 N–H and O–H groups in total. The van der Waals surface area contributed by atoms with Gasteiger partial charge in [-0.25, -0.2) is 4.79 Å². The molecule has 0 heterocycles. The van der Waals surface area contributed by atoms with Gasteiger partial charge >= 0.3 is 5.97 Å². The van der Waals surface area contributed by atoms with E-state index in [0.29, 0.717) is 0 Å². The van der Waals surface area contributed by atoms with Crippen molar-refractivity contribution < 1.29 is 14.0 Å². The zero-order chi connectivity index (χ0) is 18.0. The summed E-state index contributed by atoms with van der Waals surface area (Å²) in [6.45, 7) is 18.2. The lowest BCUT2D eigenvalue weighted by atomic mass is 10.1. The molecular formula is C20H42NO2+. The molecule has 0 spiro atoms. The molecule has 0 rings (SSSR count). The molecule has 138 valence electrons. The van der Waals surface area contributed by atoms with Crippen LogP contribution in [0.4, 0.5) is 0 Å². The third kappa shape index (κ3) is 14.5. The molecule has 3 nitrogen and oxygen atoms in total. The van der Waals surface area contributed by atoms with Crippen molar-refractivity contribution in [2.45, 2.75) is 79.1 Å². The van der Waals surface area contributed by atoms with E-state index in [2.05, 4.69) is 39.0 Å². The Morgan fingerprint density at radius 2 is 1.13 bits per heavy atom. The number of esters is 1. The number of rotatable bonds is 13. The van der Waals surface area contributed by atoms with Gasteiger partial charge in [0, 0.05) is 6.08 Å². The average Bonchev–Trinajstić information content (AvgIpc) is 2.60. The van der Waals surface area contributed by atoms with Gasteiger partial charge in [-0.1, -0.05) is 60.0 Å². The maximum absolute atomic E-state index is 9.84. The molecule has 0 aromatic heterocycles. The molecule has 23 heavy (non-hydrogen) atoms. The summed E-state index contributed by atoms with van der Waals surface area (Å²) in [6, 6.07) is 0. The number of carbonyl (C=O) groups is 1. The van der Waals surface area contributed by atoms with Gasteiger partial charge in [-0.2, -0.15) is 0 Å². The summed E-state index contributed by atoms with van der Waals surface area (Å²) in [5.41, 5.74) is 0. The number of unbranched alkanes of at least 4 members (excludes halogenated alkanes) is 4. The van der Waals surface area contributed by atoms with E-state index < -0.39 is 5.97 Å². The van der Waals surface area contributed by atoms with E-state index in [9.17, 15) is 4.79 Å². The number of nitrogens with zero attached hydrogens (tertiary/aromatic N) is 1. The summed E-state index contributed by atoms with van der Waals surface area (Å²) in [5.74, 6) is -0.394. The Hall–Kier alpha value is -0.830. The standard InChI is InChI=1S/C16H36N.C4H6O2/c1-5-9-13-17(14-10-6-2,15-11-7-3)16-12-8-4;1-3-4(5)6-2/h5-16H2,1-4H3;3H,1H2,2H3/q+1;. The second kappa shape index (κ2) is 17.5. The predicted octanol–water partition coefficient (Wildman–Crippen LogP) is 5.35. The Labute approximate surface area is 145 Å². The topological polar surface area (TPSA) is 26.3 Å². The number of methoxy groups -OCH3 is 1. The molecule has 0 aromatic rings. The fraction of sp³-hybridized carbons (Fsp3) is 0.850. The normalized spacial score (nSPS) is 10.7. The van der Waals surface area contributed by atoms with E-state index in [1.807, 2.05) is 0 Å². The number of ether oxygens (including phenoxy) is 1. The lowest BCUT2D eigenvalue weighted by Crippen LogP contribution is -2.50. The Morgan fingerprint density at radius 3 is 1.26 bits per heavy atom. The van der Waals surface area contributed by atoms with E-state index in [4.69, 9.17) is 0 Å². The van der Waals surface area contributed by atoms with Crippen LogP contribution in [0, 0.1) is 0 Å². The highest BCUT2D eigenvalue weighted by Gasteiger charge is 2.24. The van der Waals surface area contributed by atoms with Gasteiger partial charge in [-0.15, -0.1) is 0 Å². The quantitative estimate of drug-likeness (QED) is 0.259. The molecule has 3 heteroatoms. The highest BCUT2D eigenvalue weighted by atomic mass is 16.5. The molecule has 0 aliphatic heterocycles. The molecule has 0 atom stereocenters. The summed E-state index contributed by atoms with van der Waals surface area (Å²) in [7, 11) is 1.31. The second-order valence-electron chi connectivity index (χ2n) is 6.38. The molecule has 0 aliphatic carbocycles. The van der Waals surface area contributed by atoms with Crippen molar-refractivity contribution in [1.29, 1.82) is 0 Å². The van der Waals surface area contributed by atoms with Crippen molar-refractivity contribution in [1.82, 2.24) is 0 Å². The van der Waals surface area contributed by atoms with Gasteiger partial charge in [-0.05, 0) is 25.7 Å². The van der Waals surface area contributed by atoms with Gasteiger partial charge in [0.15, 0.2) is 0 Å². The third-order valence-electron chi connectivity index (χ3n) is 4.31. The Balaban J connectivity index is 0. The first-order chi connectivity index (χ1) is 11.1. The van der Waals surface area contributed by atoms with E-state index >= 15 is 0 Å². The van der Waals surface area contributed by atoms with E-state index in [-0.39, 0.29) is 0 Å². The fourth-order valence-corrected chi connectivity index (χ4v) is 2.73. The Bertz CT molecular complexity index is 239. The summed E-state index contributed by atoms with van der Waals surface area (Å²) in [5, 5.41) is 0. The van der Waals surface area contributed by atoms with Gasteiger partial charge < -0.3 is 9.22 Å². The van der Waals surface area contributed by atoms with E-state index in [0.717, 1.165) is 6.08 Å². The molecule has 0 amide bonds. The van der Waals surface area contributed by atoms with Crippen LogP contribution in [0.15, 0.2) is 12.7 Å². The number of quaternary nitrogens is 1. The molecule has 0 aromatic carbocycles. The van der Waals surface area contributed by atoms with E-state index in [1.165, 1.54) is 89.1 Å². The summed E-state index contributed by atoms with van der Waals surface area (Å²) in [6.07, 6.45) is 12.2. The van der Waals surface area contributed by atoms with Crippen LogP contribution in [0.3, 0.4) is 0 Å². The van der Waals surface area contributed by atoms with Gasteiger partial charge in [0.2, 0.25) is 0 Å². The minimum absolute atomic E-state index is 0.394. The maximum atomic E-state index is 9.84. The molecule has 0 unspecified atom stereocenters. The first kappa shape index (κ1) is 24.4. The monoisotopic (exact) mass is 328 g/mol. The smallest absolute Gasteiger partial charge is 0.329 e. The zero-order valence-electron chi connectivity index (χ0n) is 16.5. The highest BCUT2D eigenvalue weighted by molar-refractivity contribution is 5.80. The van der Waals surface area contributed by atoms with Gasteiger partial charge in [-0.3, -0.25) is 0 Å². The van der Waals surface area contributed by atoms with Crippen molar-refractivity contribution in [3.63, 3.8) is 0 Å². The fourth-order valence-electron chi connectivity index (χ4n) is 2.73. The van der Waals surface area contributed by atoms with E-state index in [1.54, 1.807) is 0 Å². The summed E-state index contributed by atoms with van der Waals surface area (Å²) in [4.78, 5) is 9.84. The lowest BCUT2D eigenvalue weighted by molar-refractivity contribution is -0.929. The van der Waals surface area contributed by atoms with Crippen molar-refractivity contribution in [2.24, 2.45) is 0 Å². The van der Waals surface area contributed by atoms with Crippen LogP contribution in [-0.2, 0) is 9.53 Å². The predicted molar refractivity (Wildman–Crippen MR) is 102 cm³/mol. The summed E-state index contributed by atoms with van der Waals surface area (Å²) >= 11 is 0. The SMILES string of the molecule is C=CC(=O)OC.CCCC[N+](CCCC)(CCCC)CCCC. The van der Waals surface area contributed by atoms with Crippen LogP contribution in [0.1, 0.15) is 79.1 Å². The molecular weight excluding hydrogens is 286 g/mol. The molecule has 0 saturated heterocycles. The van der Waals surface area contributed by atoms with Crippen molar-refractivity contribution >= 4 is 5.97 Å².